The van der Waals surface area contributed by atoms with E-state index in [0.29, 0.717) is 19.8 Å². The Labute approximate surface area is 93.8 Å². The molecule has 3 N–H and O–H groups in total. The second-order valence-electron chi connectivity index (χ2n) is 2.77. The summed E-state index contributed by atoms with van der Waals surface area (Å²) in [6.45, 7) is 2.52. The fourth-order valence-electron chi connectivity index (χ4n) is 0.984. The number of aromatic nitrogens is 2. The van der Waals surface area contributed by atoms with Crippen LogP contribution in [-0.2, 0) is 4.74 Å². The van der Waals surface area contributed by atoms with Gasteiger partial charge in [-0.3, -0.25) is 0 Å². The van der Waals surface area contributed by atoms with Crippen molar-refractivity contribution in [1.29, 1.82) is 0 Å². The third-order valence-corrected chi connectivity index (χ3v) is 2.31. The average Bonchev–Trinajstić information content (AvgIpc) is 2.29. The third kappa shape index (κ3) is 4.96. The second kappa shape index (κ2) is 7.44. The molecule has 1 heterocycles. The summed E-state index contributed by atoms with van der Waals surface area (Å²) >= 11 is 1.59. The standard InChI is InChI=1S/C9H16N4OS/c1-15-9-6-8(12-7-13-9)11-3-5-14-4-2-10/h6-7H,2-5,10H2,1H3,(H,11,12,13). The van der Waals surface area contributed by atoms with Crippen molar-refractivity contribution in [2.45, 2.75) is 5.03 Å². The molecule has 0 aliphatic rings. The van der Waals surface area contributed by atoms with Gasteiger partial charge in [0.05, 0.1) is 13.2 Å². The van der Waals surface area contributed by atoms with E-state index in [4.69, 9.17) is 10.5 Å². The maximum Gasteiger partial charge on any atom is 0.130 e. The van der Waals surface area contributed by atoms with Gasteiger partial charge in [0, 0.05) is 19.2 Å². The van der Waals surface area contributed by atoms with Crippen LogP contribution in [0.2, 0.25) is 0 Å². The number of hydrogen-bond acceptors (Lipinski definition) is 6. The maximum atomic E-state index is 5.29. The first kappa shape index (κ1) is 12.2. The second-order valence-corrected chi connectivity index (χ2v) is 3.60. The highest BCUT2D eigenvalue weighted by atomic mass is 32.2. The van der Waals surface area contributed by atoms with Crippen LogP contribution in [0.25, 0.3) is 0 Å². The molecule has 0 aromatic carbocycles. The van der Waals surface area contributed by atoms with Gasteiger partial charge in [-0.2, -0.15) is 0 Å². The number of hydrogen-bond donors (Lipinski definition) is 2. The van der Waals surface area contributed by atoms with E-state index in [1.807, 2.05) is 12.3 Å². The van der Waals surface area contributed by atoms with Crippen LogP contribution in [0, 0.1) is 0 Å². The highest BCUT2D eigenvalue weighted by Crippen LogP contribution is 2.13. The predicted octanol–water partition coefficient (Wildman–Crippen LogP) is 0.586. The fraction of sp³-hybridized carbons (Fsp3) is 0.556. The van der Waals surface area contributed by atoms with Crippen LogP contribution in [0.1, 0.15) is 0 Å². The lowest BCUT2D eigenvalue weighted by atomic mass is 10.5. The summed E-state index contributed by atoms with van der Waals surface area (Å²) in [7, 11) is 0. The van der Waals surface area contributed by atoms with E-state index in [2.05, 4.69) is 15.3 Å². The van der Waals surface area contributed by atoms with E-state index >= 15 is 0 Å². The van der Waals surface area contributed by atoms with E-state index in [-0.39, 0.29) is 0 Å². The highest BCUT2D eigenvalue weighted by Gasteiger charge is 1.96. The topological polar surface area (TPSA) is 73.1 Å². The molecule has 0 bridgehead atoms. The molecular formula is C9H16N4OS. The number of nitrogens with two attached hydrogens (primary N) is 1. The highest BCUT2D eigenvalue weighted by molar-refractivity contribution is 7.98. The van der Waals surface area contributed by atoms with Crippen molar-refractivity contribution < 1.29 is 4.74 Å². The Morgan fingerprint density at radius 1 is 1.47 bits per heavy atom. The van der Waals surface area contributed by atoms with Crippen LogP contribution in [-0.4, -0.2) is 42.5 Å². The van der Waals surface area contributed by atoms with Crippen molar-refractivity contribution in [3.05, 3.63) is 12.4 Å². The summed E-state index contributed by atoms with van der Waals surface area (Å²) in [6.07, 6.45) is 3.53. The van der Waals surface area contributed by atoms with Crippen LogP contribution in [0.15, 0.2) is 17.4 Å². The largest absolute Gasteiger partial charge is 0.378 e. The molecule has 0 radical (unpaired) electrons. The zero-order valence-electron chi connectivity index (χ0n) is 8.77. The quantitative estimate of drug-likeness (QED) is 0.404. The van der Waals surface area contributed by atoms with Crippen LogP contribution in [0.3, 0.4) is 0 Å². The van der Waals surface area contributed by atoms with E-state index in [1.165, 1.54) is 0 Å². The molecule has 0 saturated heterocycles. The van der Waals surface area contributed by atoms with Gasteiger partial charge in [-0.25, -0.2) is 9.97 Å². The van der Waals surface area contributed by atoms with Gasteiger partial charge < -0.3 is 15.8 Å². The summed E-state index contributed by atoms with van der Waals surface area (Å²) in [5.74, 6) is 0.825. The molecule has 1 rings (SSSR count). The monoisotopic (exact) mass is 228 g/mol. The van der Waals surface area contributed by atoms with Crippen molar-refractivity contribution >= 4 is 17.6 Å². The van der Waals surface area contributed by atoms with Gasteiger partial charge in [-0.15, -0.1) is 11.8 Å². The summed E-state index contributed by atoms with van der Waals surface area (Å²) in [6, 6.07) is 1.91. The first-order valence-corrected chi connectivity index (χ1v) is 5.97. The fourth-order valence-corrected chi connectivity index (χ4v) is 1.37. The van der Waals surface area contributed by atoms with Gasteiger partial charge in [0.15, 0.2) is 0 Å². The average molecular weight is 228 g/mol. The van der Waals surface area contributed by atoms with E-state index in [9.17, 15) is 0 Å². The Hall–Kier alpha value is -0.850. The zero-order chi connectivity index (χ0) is 10.9. The molecular weight excluding hydrogens is 212 g/mol. The first-order chi connectivity index (χ1) is 7.36. The smallest absolute Gasteiger partial charge is 0.130 e. The lowest BCUT2D eigenvalue weighted by Crippen LogP contribution is -2.14. The molecule has 84 valence electrons. The Kier molecular flexibility index (Phi) is 6.06. The SMILES string of the molecule is CSc1cc(NCCOCCN)ncn1. The van der Waals surface area contributed by atoms with Crippen LogP contribution in [0.5, 0.6) is 0 Å². The molecule has 0 saturated carbocycles. The molecule has 0 aliphatic heterocycles. The number of anilines is 1. The van der Waals surface area contributed by atoms with Gasteiger partial charge in [-0.1, -0.05) is 0 Å². The van der Waals surface area contributed by atoms with E-state index in [1.54, 1.807) is 18.1 Å². The zero-order valence-corrected chi connectivity index (χ0v) is 9.59. The molecule has 1 aromatic heterocycles. The first-order valence-electron chi connectivity index (χ1n) is 4.74. The molecule has 5 nitrogen and oxygen atoms in total. The predicted molar refractivity (Wildman–Crippen MR) is 62.2 cm³/mol. The van der Waals surface area contributed by atoms with Gasteiger partial charge in [0.2, 0.25) is 0 Å². The van der Waals surface area contributed by atoms with Crippen LogP contribution in [0.4, 0.5) is 5.82 Å². The van der Waals surface area contributed by atoms with Crippen LogP contribution >= 0.6 is 11.8 Å². The molecule has 15 heavy (non-hydrogen) atoms. The van der Waals surface area contributed by atoms with Crippen molar-refractivity contribution in [2.75, 3.05) is 37.9 Å². The van der Waals surface area contributed by atoms with E-state index < -0.39 is 0 Å². The summed E-state index contributed by atoms with van der Waals surface area (Å²) in [5, 5.41) is 4.10. The van der Waals surface area contributed by atoms with Gasteiger partial charge in [0.1, 0.15) is 17.2 Å². The Morgan fingerprint density at radius 2 is 2.33 bits per heavy atom. The minimum absolute atomic E-state index is 0.560. The van der Waals surface area contributed by atoms with Crippen LogP contribution < -0.4 is 11.1 Å². The number of nitrogens with one attached hydrogen (secondary N) is 1. The maximum absolute atomic E-state index is 5.29. The number of rotatable bonds is 7. The summed E-state index contributed by atoms with van der Waals surface area (Å²) in [4.78, 5) is 8.17. The van der Waals surface area contributed by atoms with E-state index in [0.717, 1.165) is 17.4 Å². The minimum Gasteiger partial charge on any atom is -0.378 e. The Bertz CT molecular complexity index is 285. The lowest BCUT2D eigenvalue weighted by Gasteiger charge is -2.06. The number of ether oxygens (including phenoxy) is 1. The molecule has 0 unspecified atom stereocenters. The number of thioether (sulfide) groups is 1. The molecule has 1 aromatic rings. The van der Waals surface area contributed by atoms with Crippen molar-refractivity contribution in [3.8, 4) is 0 Å². The Morgan fingerprint density at radius 3 is 3.07 bits per heavy atom. The van der Waals surface area contributed by atoms with Gasteiger partial charge in [0.25, 0.3) is 0 Å². The van der Waals surface area contributed by atoms with Crippen molar-refractivity contribution in [3.63, 3.8) is 0 Å². The minimum atomic E-state index is 0.560. The summed E-state index contributed by atoms with van der Waals surface area (Å²) < 4.78 is 5.22. The molecule has 0 amide bonds. The molecule has 0 atom stereocenters. The number of nitrogens with zero attached hydrogens (tertiary/aromatic N) is 2. The summed E-state index contributed by atoms with van der Waals surface area (Å²) in [5.41, 5.74) is 5.29. The van der Waals surface area contributed by atoms with Gasteiger partial charge in [-0.05, 0) is 6.26 Å². The molecule has 0 aliphatic carbocycles. The third-order valence-electron chi connectivity index (χ3n) is 1.67. The molecule has 6 heteroatoms. The molecule has 0 spiro atoms. The lowest BCUT2D eigenvalue weighted by molar-refractivity contribution is 0.151. The van der Waals surface area contributed by atoms with Gasteiger partial charge >= 0.3 is 0 Å². The normalized spacial score (nSPS) is 10.3. The van der Waals surface area contributed by atoms with Crippen molar-refractivity contribution in [1.82, 2.24) is 9.97 Å². The van der Waals surface area contributed by atoms with Crippen molar-refractivity contribution in [2.24, 2.45) is 5.73 Å². The molecule has 0 fully saturated rings. The Balaban J connectivity index is 2.24.